The summed E-state index contributed by atoms with van der Waals surface area (Å²) in [4.78, 5) is 28.4. The van der Waals surface area contributed by atoms with Crippen molar-refractivity contribution in [2.45, 2.75) is 33.4 Å². The second-order valence-electron chi connectivity index (χ2n) is 5.23. The average Bonchev–Trinajstić information content (AvgIpc) is 2.37. The van der Waals surface area contributed by atoms with E-state index in [9.17, 15) is 9.59 Å². The number of ether oxygens (including phenoxy) is 1. The number of pyridine rings is 1. The number of rotatable bonds is 2. The van der Waals surface area contributed by atoms with Crippen LogP contribution in [-0.2, 0) is 11.3 Å². The summed E-state index contributed by atoms with van der Waals surface area (Å²) < 4.78 is 5.40. The van der Waals surface area contributed by atoms with Gasteiger partial charge in [0.15, 0.2) is 0 Å². The van der Waals surface area contributed by atoms with Gasteiger partial charge in [0.25, 0.3) is 5.56 Å². The number of hydrogen-bond donors (Lipinski definition) is 2. The predicted octanol–water partition coefficient (Wildman–Crippen LogP) is 0.922. The van der Waals surface area contributed by atoms with E-state index in [-0.39, 0.29) is 24.2 Å². The SMILES string of the molecule is Cc1cc(C)c(CNC(=O)N2CCOC(C)C2)c(=O)[nH]1. The first-order valence-corrected chi connectivity index (χ1v) is 6.81. The van der Waals surface area contributed by atoms with E-state index in [4.69, 9.17) is 4.74 Å². The van der Waals surface area contributed by atoms with Crippen molar-refractivity contribution in [1.29, 1.82) is 0 Å². The molecule has 1 atom stereocenters. The zero-order chi connectivity index (χ0) is 14.7. The number of H-pyrrole nitrogens is 1. The maximum atomic E-state index is 12.1. The van der Waals surface area contributed by atoms with Gasteiger partial charge in [0.1, 0.15) is 0 Å². The number of aromatic nitrogens is 1. The zero-order valence-corrected chi connectivity index (χ0v) is 12.2. The monoisotopic (exact) mass is 279 g/mol. The van der Waals surface area contributed by atoms with Crippen LogP contribution in [0, 0.1) is 13.8 Å². The van der Waals surface area contributed by atoms with Crippen molar-refractivity contribution < 1.29 is 9.53 Å². The fourth-order valence-electron chi connectivity index (χ4n) is 2.38. The minimum Gasteiger partial charge on any atom is -0.375 e. The first-order valence-electron chi connectivity index (χ1n) is 6.81. The molecule has 2 N–H and O–H groups in total. The Hall–Kier alpha value is -1.82. The molecule has 1 aromatic heterocycles. The molecule has 0 radical (unpaired) electrons. The number of aromatic amines is 1. The van der Waals surface area contributed by atoms with Crippen molar-refractivity contribution in [2.75, 3.05) is 19.7 Å². The molecule has 0 bridgehead atoms. The van der Waals surface area contributed by atoms with E-state index in [0.717, 1.165) is 11.3 Å². The molecule has 1 aromatic rings. The largest absolute Gasteiger partial charge is 0.375 e. The first-order chi connectivity index (χ1) is 9.47. The van der Waals surface area contributed by atoms with Crippen LogP contribution in [0.2, 0.25) is 0 Å². The molecule has 1 aliphatic heterocycles. The van der Waals surface area contributed by atoms with Gasteiger partial charge in [0, 0.05) is 24.3 Å². The lowest BCUT2D eigenvalue weighted by Crippen LogP contribution is -2.49. The second kappa shape index (κ2) is 6.09. The van der Waals surface area contributed by atoms with E-state index >= 15 is 0 Å². The lowest BCUT2D eigenvalue weighted by atomic mass is 10.1. The number of aryl methyl sites for hydroxylation is 2. The minimum absolute atomic E-state index is 0.0546. The summed E-state index contributed by atoms with van der Waals surface area (Å²) in [6.07, 6.45) is 0.0546. The fraction of sp³-hybridized carbons (Fsp3) is 0.571. The quantitative estimate of drug-likeness (QED) is 0.845. The van der Waals surface area contributed by atoms with Gasteiger partial charge in [0.05, 0.1) is 19.3 Å². The Morgan fingerprint density at radius 3 is 2.95 bits per heavy atom. The Bertz CT molecular complexity index is 553. The smallest absolute Gasteiger partial charge is 0.317 e. The molecular formula is C14H21N3O3. The van der Waals surface area contributed by atoms with Crippen LogP contribution in [0.5, 0.6) is 0 Å². The van der Waals surface area contributed by atoms with Gasteiger partial charge in [-0.15, -0.1) is 0 Å². The fourth-order valence-corrected chi connectivity index (χ4v) is 2.38. The third-order valence-electron chi connectivity index (χ3n) is 3.44. The molecule has 1 unspecified atom stereocenters. The lowest BCUT2D eigenvalue weighted by molar-refractivity contribution is -0.00352. The number of carbonyl (C=O) groups excluding carboxylic acids is 1. The number of morpholine rings is 1. The Morgan fingerprint density at radius 2 is 2.30 bits per heavy atom. The molecule has 2 rings (SSSR count). The third kappa shape index (κ3) is 3.39. The highest BCUT2D eigenvalue weighted by molar-refractivity contribution is 5.74. The summed E-state index contributed by atoms with van der Waals surface area (Å²) in [5.74, 6) is 0. The van der Waals surface area contributed by atoms with Gasteiger partial charge in [-0.2, -0.15) is 0 Å². The number of amides is 2. The normalized spacial score (nSPS) is 18.9. The number of nitrogens with zero attached hydrogens (tertiary/aromatic N) is 1. The van der Waals surface area contributed by atoms with Crippen molar-refractivity contribution in [3.05, 3.63) is 33.2 Å². The Labute approximate surface area is 118 Å². The van der Waals surface area contributed by atoms with Crippen LogP contribution in [0.15, 0.2) is 10.9 Å². The maximum absolute atomic E-state index is 12.1. The summed E-state index contributed by atoms with van der Waals surface area (Å²) >= 11 is 0. The zero-order valence-electron chi connectivity index (χ0n) is 12.2. The van der Waals surface area contributed by atoms with Crippen molar-refractivity contribution in [3.8, 4) is 0 Å². The van der Waals surface area contributed by atoms with Crippen LogP contribution >= 0.6 is 0 Å². The maximum Gasteiger partial charge on any atom is 0.317 e. The van der Waals surface area contributed by atoms with Crippen LogP contribution in [0.1, 0.15) is 23.7 Å². The Kier molecular flexibility index (Phi) is 4.44. The Balaban J connectivity index is 1.98. The van der Waals surface area contributed by atoms with E-state index in [2.05, 4.69) is 10.3 Å². The van der Waals surface area contributed by atoms with Gasteiger partial charge in [-0.05, 0) is 32.4 Å². The summed E-state index contributed by atoms with van der Waals surface area (Å²) in [6.45, 7) is 7.61. The van der Waals surface area contributed by atoms with Gasteiger partial charge >= 0.3 is 6.03 Å². The van der Waals surface area contributed by atoms with E-state index < -0.39 is 0 Å². The Morgan fingerprint density at radius 1 is 1.55 bits per heavy atom. The van der Waals surface area contributed by atoms with Crippen LogP contribution < -0.4 is 10.9 Å². The van der Waals surface area contributed by atoms with Gasteiger partial charge in [-0.1, -0.05) is 0 Å². The molecular weight excluding hydrogens is 258 g/mol. The van der Waals surface area contributed by atoms with Crippen molar-refractivity contribution in [1.82, 2.24) is 15.2 Å². The third-order valence-corrected chi connectivity index (χ3v) is 3.44. The molecule has 6 nitrogen and oxygen atoms in total. The molecule has 6 heteroatoms. The van der Waals surface area contributed by atoms with Crippen molar-refractivity contribution in [2.24, 2.45) is 0 Å². The van der Waals surface area contributed by atoms with Gasteiger partial charge in [-0.3, -0.25) is 4.79 Å². The lowest BCUT2D eigenvalue weighted by Gasteiger charge is -2.31. The number of hydrogen-bond acceptors (Lipinski definition) is 3. The van der Waals surface area contributed by atoms with Crippen LogP contribution in [-0.4, -0.2) is 41.7 Å². The molecule has 0 aliphatic carbocycles. The van der Waals surface area contributed by atoms with Crippen LogP contribution in [0.4, 0.5) is 4.79 Å². The highest BCUT2D eigenvalue weighted by atomic mass is 16.5. The average molecular weight is 279 g/mol. The summed E-state index contributed by atoms with van der Waals surface area (Å²) in [5.41, 5.74) is 2.18. The summed E-state index contributed by atoms with van der Waals surface area (Å²) in [7, 11) is 0. The van der Waals surface area contributed by atoms with Gasteiger partial charge in [-0.25, -0.2) is 4.79 Å². The first kappa shape index (κ1) is 14.6. The molecule has 1 saturated heterocycles. The summed E-state index contributed by atoms with van der Waals surface area (Å²) in [6, 6.07) is 1.75. The molecule has 0 spiro atoms. The number of nitrogens with one attached hydrogen (secondary N) is 2. The molecule has 0 aromatic carbocycles. The number of carbonyl (C=O) groups is 1. The molecule has 1 fully saturated rings. The molecule has 110 valence electrons. The van der Waals surface area contributed by atoms with Crippen LogP contribution in [0.25, 0.3) is 0 Å². The van der Waals surface area contributed by atoms with E-state index in [1.807, 2.05) is 26.8 Å². The molecule has 20 heavy (non-hydrogen) atoms. The summed E-state index contributed by atoms with van der Waals surface area (Å²) in [5, 5.41) is 2.80. The standard InChI is InChI=1S/C14H21N3O3/c1-9-6-10(2)16-13(18)12(9)7-15-14(19)17-4-5-20-11(3)8-17/h6,11H,4-5,7-8H2,1-3H3,(H,15,19)(H,16,18). The molecule has 0 saturated carbocycles. The second-order valence-corrected chi connectivity index (χ2v) is 5.23. The van der Waals surface area contributed by atoms with Gasteiger partial charge in [0.2, 0.25) is 0 Å². The molecule has 2 amide bonds. The highest BCUT2D eigenvalue weighted by Crippen LogP contribution is 2.06. The molecule has 2 heterocycles. The van der Waals surface area contributed by atoms with Crippen molar-refractivity contribution >= 4 is 6.03 Å². The van der Waals surface area contributed by atoms with Crippen molar-refractivity contribution in [3.63, 3.8) is 0 Å². The van der Waals surface area contributed by atoms with E-state index in [0.29, 0.717) is 25.3 Å². The van der Waals surface area contributed by atoms with E-state index in [1.54, 1.807) is 4.90 Å². The predicted molar refractivity (Wildman–Crippen MR) is 75.8 cm³/mol. The number of urea groups is 1. The minimum atomic E-state index is -0.153. The van der Waals surface area contributed by atoms with E-state index in [1.165, 1.54) is 0 Å². The van der Waals surface area contributed by atoms with Crippen LogP contribution in [0.3, 0.4) is 0 Å². The van der Waals surface area contributed by atoms with Gasteiger partial charge < -0.3 is 19.9 Å². The molecule has 1 aliphatic rings. The topological polar surface area (TPSA) is 74.4 Å². The highest BCUT2D eigenvalue weighted by Gasteiger charge is 2.21.